The quantitative estimate of drug-likeness (QED) is 0.594. The Labute approximate surface area is 109 Å². The van der Waals surface area contributed by atoms with Gasteiger partial charge in [-0.05, 0) is 25.3 Å². The largest absolute Gasteiger partial charge is 0.468 e. The topological polar surface area (TPSA) is 38.3 Å². The maximum atomic E-state index is 11.8. The van der Waals surface area contributed by atoms with E-state index < -0.39 is 5.54 Å². The predicted octanol–water partition coefficient (Wildman–Crippen LogP) is 2.67. The van der Waals surface area contributed by atoms with Gasteiger partial charge < -0.3 is 4.74 Å². The molecule has 98 valence electrons. The molecule has 18 heavy (non-hydrogen) atoms. The number of rotatable bonds is 7. The first-order chi connectivity index (χ1) is 8.62. The van der Waals surface area contributed by atoms with Crippen molar-refractivity contribution in [2.24, 2.45) is 0 Å². The van der Waals surface area contributed by atoms with E-state index in [-0.39, 0.29) is 5.97 Å². The number of carbonyl (C=O) groups is 1. The highest BCUT2D eigenvalue weighted by molar-refractivity contribution is 5.80. The van der Waals surface area contributed by atoms with Crippen LogP contribution >= 0.6 is 0 Å². The van der Waals surface area contributed by atoms with Crippen LogP contribution in [0.2, 0.25) is 0 Å². The molecule has 0 aromatic heterocycles. The van der Waals surface area contributed by atoms with Gasteiger partial charge in [0.05, 0.1) is 7.11 Å². The van der Waals surface area contributed by atoms with Gasteiger partial charge >= 0.3 is 5.97 Å². The summed E-state index contributed by atoms with van der Waals surface area (Å²) in [5.41, 5.74) is 0.477. The standard InChI is InChI=1S/C15H21NO2/c1-4-5-11-15(2,14(17)18-3)16-12-13-9-7-6-8-10-13/h4,6-10,16H,1,5,11-12H2,2-3H3. The van der Waals surface area contributed by atoms with Gasteiger partial charge in [-0.15, -0.1) is 6.58 Å². The minimum absolute atomic E-state index is 0.236. The van der Waals surface area contributed by atoms with Crippen molar-refractivity contribution in [1.82, 2.24) is 5.32 Å². The molecule has 0 radical (unpaired) electrons. The molecule has 1 rings (SSSR count). The van der Waals surface area contributed by atoms with E-state index in [9.17, 15) is 4.79 Å². The van der Waals surface area contributed by atoms with E-state index in [1.807, 2.05) is 43.3 Å². The summed E-state index contributed by atoms with van der Waals surface area (Å²) < 4.78 is 4.87. The Morgan fingerprint density at radius 3 is 2.67 bits per heavy atom. The lowest BCUT2D eigenvalue weighted by Crippen LogP contribution is -2.49. The number of methoxy groups -OCH3 is 1. The summed E-state index contributed by atoms with van der Waals surface area (Å²) in [5, 5.41) is 3.28. The lowest BCUT2D eigenvalue weighted by Gasteiger charge is -2.27. The van der Waals surface area contributed by atoms with E-state index in [1.165, 1.54) is 7.11 Å². The fourth-order valence-electron chi connectivity index (χ4n) is 1.77. The Bertz CT molecular complexity index is 389. The Morgan fingerprint density at radius 2 is 2.11 bits per heavy atom. The zero-order valence-corrected chi connectivity index (χ0v) is 11.1. The van der Waals surface area contributed by atoms with Crippen LogP contribution in [0.4, 0.5) is 0 Å². The molecular formula is C15H21NO2. The number of ether oxygens (including phenoxy) is 1. The summed E-state index contributed by atoms with van der Waals surface area (Å²) >= 11 is 0. The summed E-state index contributed by atoms with van der Waals surface area (Å²) in [6.45, 7) is 6.20. The Morgan fingerprint density at radius 1 is 1.44 bits per heavy atom. The summed E-state index contributed by atoms with van der Waals surface area (Å²) in [4.78, 5) is 11.8. The molecule has 3 nitrogen and oxygen atoms in total. The van der Waals surface area contributed by atoms with Crippen LogP contribution in [0.25, 0.3) is 0 Å². The smallest absolute Gasteiger partial charge is 0.325 e. The third-order valence-corrected chi connectivity index (χ3v) is 3.01. The monoisotopic (exact) mass is 247 g/mol. The molecule has 1 unspecified atom stereocenters. The average molecular weight is 247 g/mol. The van der Waals surface area contributed by atoms with Crippen molar-refractivity contribution < 1.29 is 9.53 Å². The van der Waals surface area contributed by atoms with Crippen LogP contribution in [-0.4, -0.2) is 18.6 Å². The highest BCUT2D eigenvalue weighted by atomic mass is 16.5. The van der Waals surface area contributed by atoms with Gasteiger partial charge in [-0.1, -0.05) is 36.4 Å². The molecule has 1 atom stereocenters. The summed E-state index contributed by atoms with van der Waals surface area (Å²) in [6, 6.07) is 9.99. The fraction of sp³-hybridized carbons (Fsp3) is 0.400. The second kappa shape index (κ2) is 6.97. The molecule has 0 fully saturated rings. The van der Waals surface area contributed by atoms with Crippen LogP contribution < -0.4 is 5.32 Å². The number of benzene rings is 1. The molecule has 1 N–H and O–H groups in total. The molecule has 0 saturated heterocycles. The van der Waals surface area contributed by atoms with Crippen molar-refractivity contribution in [3.05, 3.63) is 48.6 Å². The van der Waals surface area contributed by atoms with Crippen LogP contribution in [0.1, 0.15) is 25.3 Å². The van der Waals surface area contributed by atoms with Crippen LogP contribution in [0, 0.1) is 0 Å². The number of carbonyl (C=O) groups excluding carboxylic acids is 1. The van der Waals surface area contributed by atoms with Crippen molar-refractivity contribution in [3.63, 3.8) is 0 Å². The zero-order chi connectivity index (χ0) is 13.4. The van der Waals surface area contributed by atoms with Crippen LogP contribution in [0.3, 0.4) is 0 Å². The van der Waals surface area contributed by atoms with E-state index in [2.05, 4.69) is 11.9 Å². The Balaban J connectivity index is 2.66. The molecule has 0 bridgehead atoms. The molecular weight excluding hydrogens is 226 g/mol. The van der Waals surface area contributed by atoms with Crippen molar-refractivity contribution in [1.29, 1.82) is 0 Å². The average Bonchev–Trinajstić information content (AvgIpc) is 2.43. The third-order valence-electron chi connectivity index (χ3n) is 3.01. The van der Waals surface area contributed by atoms with E-state index in [0.29, 0.717) is 13.0 Å². The number of allylic oxidation sites excluding steroid dienone is 1. The van der Waals surface area contributed by atoms with Gasteiger partial charge in [-0.25, -0.2) is 0 Å². The van der Waals surface area contributed by atoms with E-state index in [0.717, 1.165) is 12.0 Å². The van der Waals surface area contributed by atoms with Crippen LogP contribution in [0.5, 0.6) is 0 Å². The molecule has 0 aliphatic heterocycles. The minimum Gasteiger partial charge on any atom is -0.468 e. The second-order valence-corrected chi connectivity index (χ2v) is 4.49. The molecule has 0 heterocycles. The van der Waals surface area contributed by atoms with Gasteiger partial charge in [-0.2, -0.15) is 0 Å². The first kappa shape index (κ1) is 14.5. The maximum absolute atomic E-state index is 11.8. The van der Waals surface area contributed by atoms with Crippen molar-refractivity contribution in [3.8, 4) is 0 Å². The summed E-state index contributed by atoms with van der Waals surface area (Å²) in [5.74, 6) is -0.236. The highest BCUT2D eigenvalue weighted by Crippen LogP contribution is 2.16. The van der Waals surface area contributed by atoms with Crippen molar-refractivity contribution >= 4 is 5.97 Å². The lowest BCUT2D eigenvalue weighted by molar-refractivity contribution is -0.148. The number of hydrogen-bond acceptors (Lipinski definition) is 3. The first-order valence-electron chi connectivity index (χ1n) is 6.10. The molecule has 1 aromatic carbocycles. The second-order valence-electron chi connectivity index (χ2n) is 4.49. The van der Waals surface area contributed by atoms with Gasteiger partial charge in [0.25, 0.3) is 0 Å². The van der Waals surface area contributed by atoms with Gasteiger partial charge in [-0.3, -0.25) is 10.1 Å². The molecule has 0 spiro atoms. The summed E-state index contributed by atoms with van der Waals surface area (Å²) in [7, 11) is 1.42. The Hall–Kier alpha value is -1.61. The van der Waals surface area contributed by atoms with Gasteiger partial charge in [0.15, 0.2) is 0 Å². The zero-order valence-electron chi connectivity index (χ0n) is 11.1. The van der Waals surface area contributed by atoms with Crippen LogP contribution in [0.15, 0.2) is 43.0 Å². The van der Waals surface area contributed by atoms with Crippen molar-refractivity contribution in [2.75, 3.05) is 7.11 Å². The molecule has 0 amide bonds. The van der Waals surface area contributed by atoms with Gasteiger partial charge in [0, 0.05) is 6.54 Å². The molecule has 0 saturated carbocycles. The number of hydrogen-bond donors (Lipinski definition) is 1. The van der Waals surface area contributed by atoms with E-state index >= 15 is 0 Å². The number of esters is 1. The summed E-state index contributed by atoms with van der Waals surface area (Å²) in [6.07, 6.45) is 3.26. The van der Waals surface area contributed by atoms with Gasteiger partial charge in [0.1, 0.15) is 5.54 Å². The maximum Gasteiger partial charge on any atom is 0.325 e. The lowest BCUT2D eigenvalue weighted by atomic mass is 9.95. The third kappa shape index (κ3) is 4.00. The highest BCUT2D eigenvalue weighted by Gasteiger charge is 2.32. The SMILES string of the molecule is C=CCCC(C)(NCc1ccccc1)C(=O)OC. The molecule has 1 aromatic rings. The molecule has 0 aliphatic rings. The Kier molecular flexibility index (Phi) is 5.59. The van der Waals surface area contributed by atoms with Crippen molar-refractivity contribution in [2.45, 2.75) is 31.8 Å². The van der Waals surface area contributed by atoms with E-state index in [1.54, 1.807) is 0 Å². The predicted molar refractivity (Wildman–Crippen MR) is 73.1 cm³/mol. The van der Waals surface area contributed by atoms with Gasteiger partial charge in [0.2, 0.25) is 0 Å². The molecule has 3 heteroatoms. The minimum atomic E-state index is -0.668. The first-order valence-corrected chi connectivity index (χ1v) is 6.10. The fourth-order valence-corrected chi connectivity index (χ4v) is 1.77. The van der Waals surface area contributed by atoms with Crippen LogP contribution in [-0.2, 0) is 16.1 Å². The van der Waals surface area contributed by atoms with E-state index in [4.69, 9.17) is 4.74 Å². The normalized spacial score (nSPS) is 13.7. The molecule has 0 aliphatic carbocycles. The number of nitrogens with one attached hydrogen (secondary N) is 1.